The number of methoxy groups -OCH3 is 1. The van der Waals surface area contributed by atoms with Crippen LogP contribution >= 0.6 is 23.1 Å². The first-order chi connectivity index (χ1) is 7.81. The van der Waals surface area contributed by atoms with Gasteiger partial charge in [-0.15, -0.1) is 23.1 Å². The number of hydrogen-bond donors (Lipinski definition) is 1. The summed E-state index contributed by atoms with van der Waals surface area (Å²) in [6, 6.07) is 2.52. The van der Waals surface area contributed by atoms with Crippen molar-refractivity contribution in [1.29, 1.82) is 0 Å². The van der Waals surface area contributed by atoms with Crippen LogP contribution < -0.4 is 5.48 Å². The molecular formula is C11H17NO2S2. The minimum absolute atomic E-state index is 0.328. The molecule has 0 saturated heterocycles. The zero-order valence-electron chi connectivity index (χ0n) is 9.56. The molecule has 16 heavy (non-hydrogen) atoms. The van der Waals surface area contributed by atoms with Gasteiger partial charge in [-0.3, -0.25) is 4.84 Å². The molecule has 0 amide bonds. The summed E-state index contributed by atoms with van der Waals surface area (Å²) in [4.78, 5) is 5.41. The molecule has 1 aromatic rings. The minimum atomic E-state index is 0.328. The van der Waals surface area contributed by atoms with Crippen LogP contribution in [0.1, 0.15) is 24.9 Å². The molecule has 1 unspecified atom stereocenters. The van der Waals surface area contributed by atoms with Crippen LogP contribution in [0.5, 0.6) is 0 Å². The maximum absolute atomic E-state index is 5.41. The number of fused-ring (bicyclic) bond motifs is 1. The van der Waals surface area contributed by atoms with Gasteiger partial charge in [-0.25, -0.2) is 0 Å². The second kappa shape index (κ2) is 6.02. The number of hydrogen-bond acceptors (Lipinski definition) is 5. The van der Waals surface area contributed by atoms with Crippen molar-refractivity contribution in [2.24, 2.45) is 0 Å². The normalized spacial score (nSPS) is 24.4. The number of thiophene rings is 1. The Hall–Kier alpha value is -0.0700. The molecule has 0 fully saturated rings. The van der Waals surface area contributed by atoms with Crippen LogP contribution in [0, 0.1) is 0 Å². The smallest absolute Gasteiger partial charge is 0.0916 e. The lowest BCUT2D eigenvalue weighted by Gasteiger charge is -2.27. The van der Waals surface area contributed by atoms with Crippen molar-refractivity contribution in [1.82, 2.24) is 5.48 Å². The molecule has 2 atom stereocenters. The highest BCUT2D eigenvalue weighted by Crippen LogP contribution is 2.43. The van der Waals surface area contributed by atoms with E-state index in [1.807, 2.05) is 23.1 Å². The van der Waals surface area contributed by atoms with Crippen molar-refractivity contribution in [2.45, 2.75) is 28.8 Å². The monoisotopic (exact) mass is 259 g/mol. The molecule has 1 N–H and O–H groups in total. The van der Waals surface area contributed by atoms with E-state index >= 15 is 0 Å². The van der Waals surface area contributed by atoms with E-state index in [0.717, 1.165) is 6.42 Å². The molecule has 0 aromatic carbocycles. The number of ether oxygens (including phenoxy) is 1. The van der Waals surface area contributed by atoms with Crippen LogP contribution in [-0.4, -0.2) is 25.6 Å². The third-order valence-electron chi connectivity index (χ3n) is 2.52. The maximum atomic E-state index is 5.41. The van der Waals surface area contributed by atoms with Crippen molar-refractivity contribution in [2.75, 3.05) is 20.3 Å². The summed E-state index contributed by atoms with van der Waals surface area (Å²) in [5, 5.41) is 2.80. The van der Waals surface area contributed by atoms with Crippen LogP contribution in [0.4, 0.5) is 0 Å². The Labute approximate surface area is 104 Å². The summed E-state index contributed by atoms with van der Waals surface area (Å²) in [5.41, 5.74) is 4.52. The Kier molecular flexibility index (Phi) is 4.66. The van der Waals surface area contributed by atoms with Gasteiger partial charge >= 0.3 is 0 Å². The van der Waals surface area contributed by atoms with E-state index in [4.69, 9.17) is 9.57 Å². The summed E-state index contributed by atoms with van der Waals surface area (Å²) in [6.07, 6.45) is 1.11. The highest BCUT2D eigenvalue weighted by molar-refractivity contribution is 8.01. The van der Waals surface area contributed by atoms with E-state index in [9.17, 15) is 0 Å². The van der Waals surface area contributed by atoms with Gasteiger partial charge in [0.05, 0.1) is 23.5 Å². The van der Waals surface area contributed by atoms with Crippen molar-refractivity contribution in [3.05, 3.63) is 17.0 Å². The molecule has 0 aliphatic carbocycles. The molecule has 5 heteroatoms. The van der Waals surface area contributed by atoms with Gasteiger partial charge in [0, 0.05) is 12.4 Å². The Morgan fingerprint density at radius 2 is 2.38 bits per heavy atom. The fourth-order valence-electron chi connectivity index (χ4n) is 1.75. The minimum Gasteiger partial charge on any atom is -0.382 e. The lowest BCUT2D eigenvalue weighted by atomic mass is 10.1. The van der Waals surface area contributed by atoms with Crippen molar-refractivity contribution in [3.63, 3.8) is 0 Å². The summed E-state index contributed by atoms with van der Waals surface area (Å²) in [7, 11) is 1.68. The van der Waals surface area contributed by atoms with Crippen molar-refractivity contribution in [3.8, 4) is 0 Å². The standard InChI is InChI=1S/C11H17NO2S2/c1-8-7-10(12-14-5-4-13-2)9-3-6-15-11(9)16-8/h3,6,8,10,12H,4-5,7H2,1-2H3/t8-,10?/m0/s1. The molecule has 3 nitrogen and oxygen atoms in total. The van der Waals surface area contributed by atoms with E-state index in [0.29, 0.717) is 24.5 Å². The largest absolute Gasteiger partial charge is 0.382 e. The third kappa shape index (κ3) is 2.99. The predicted molar refractivity (Wildman–Crippen MR) is 68.0 cm³/mol. The first-order valence-electron chi connectivity index (χ1n) is 5.41. The average Bonchev–Trinajstić information content (AvgIpc) is 2.72. The van der Waals surface area contributed by atoms with Crippen LogP contribution in [0.15, 0.2) is 15.7 Å². The van der Waals surface area contributed by atoms with E-state index in [2.05, 4.69) is 23.9 Å². The molecule has 2 rings (SSSR count). The van der Waals surface area contributed by atoms with Crippen molar-refractivity contribution < 1.29 is 9.57 Å². The molecule has 1 aromatic heterocycles. The number of thioether (sulfide) groups is 1. The average molecular weight is 259 g/mol. The Morgan fingerprint density at radius 3 is 3.19 bits per heavy atom. The van der Waals surface area contributed by atoms with Crippen LogP contribution in [0.25, 0.3) is 0 Å². The number of rotatable bonds is 5. The van der Waals surface area contributed by atoms with Gasteiger partial charge in [-0.1, -0.05) is 6.92 Å². The van der Waals surface area contributed by atoms with Crippen LogP contribution in [0.2, 0.25) is 0 Å². The molecule has 0 spiro atoms. The summed E-state index contributed by atoms with van der Waals surface area (Å²) in [5.74, 6) is 0. The molecule has 90 valence electrons. The summed E-state index contributed by atoms with van der Waals surface area (Å²) in [6.45, 7) is 3.48. The Bertz CT molecular complexity index is 330. The first-order valence-corrected chi connectivity index (χ1v) is 7.17. The van der Waals surface area contributed by atoms with E-state index < -0.39 is 0 Å². The van der Waals surface area contributed by atoms with Crippen molar-refractivity contribution >= 4 is 23.1 Å². The number of nitrogens with one attached hydrogen (secondary N) is 1. The molecule has 0 saturated carbocycles. The fraction of sp³-hybridized carbons (Fsp3) is 0.636. The van der Waals surface area contributed by atoms with Crippen LogP contribution in [-0.2, 0) is 9.57 Å². The van der Waals surface area contributed by atoms with Gasteiger partial charge in [0.2, 0.25) is 0 Å². The zero-order valence-corrected chi connectivity index (χ0v) is 11.2. The number of hydroxylamine groups is 1. The van der Waals surface area contributed by atoms with E-state index in [-0.39, 0.29) is 0 Å². The lowest BCUT2D eigenvalue weighted by molar-refractivity contribution is -0.0145. The second-order valence-electron chi connectivity index (χ2n) is 3.84. The summed E-state index contributed by atoms with van der Waals surface area (Å²) >= 11 is 3.78. The topological polar surface area (TPSA) is 30.5 Å². The van der Waals surface area contributed by atoms with Gasteiger partial charge in [0.1, 0.15) is 0 Å². The SMILES string of the molecule is COCCONC1C[C@H](C)Sc2sccc21. The van der Waals surface area contributed by atoms with E-state index in [1.54, 1.807) is 7.11 Å². The fourth-order valence-corrected chi connectivity index (χ4v) is 4.31. The molecule has 1 aliphatic heterocycles. The van der Waals surface area contributed by atoms with Crippen LogP contribution in [0.3, 0.4) is 0 Å². The molecule has 1 aliphatic rings. The quantitative estimate of drug-likeness (QED) is 0.650. The maximum Gasteiger partial charge on any atom is 0.0916 e. The zero-order chi connectivity index (χ0) is 11.4. The lowest BCUT2D eigenvalue weighted by Crippen LogP contribution is -2.27. The summed E-state index contributed by atoms with van der Waals surface area (Å²) < 4.78 is 6.36. The molecule has 2 heterocycles. The molecule has 0 radical (unpaired) electrons. The molecule has 0 bridgehead atoms. The Morgan fingerprint density at radius 1 is 1.50 bits per heavy atom. The van der Waals surface area contributed by atoms with Gasteiger partial charge in [0.15, 0.2) is 0 Å². The van der Waals surface area contributed by atoms with Gasteiger partial charge in [0.25, 0.3) is 0 Å². The Balaban J connectivity index is 1.90. The highest BCUT2D eigenvalue weighted by atomic mass is 32.2. The molecular weight excluding hydrogens is 242 g/mol. The highest BCUT2D eigenvalue weighted by Gasteiger charge is 2.26. The van der Waals surface area contributed by atoms with Gasteiger partial charge < -0.3 is 4.74 Å². The van der Waals surface area contributed by atoms with E-state index in [1.165, 1.54) is 9.77 Å². The van der Waals surface area contributed by atoms with Gasteiger partial charge in [-0.2, -0.15) is 5.48 Å². The van der Waals surface area contributed by atoms with Gasteiger partial charge in [-0.05, 0) is 23.4 Å². The second-order valence-corrected chi connectivity index (χ2v) is 6.46. The third-order valence-corrected chi connectivity index (χ3v) is 4.87. The predicted octanol–water partition coefficient (Wildman–Crippen LogP) is 2.84. The first kappa shape index (κ1) is 12.4.